The van der Waals surface area contributed by atoms with Gasteiger partial charge in [0.05, 0.1) is 13.2 Å². The van der Waals surface area contributed by atoms with Gasteiger partial charge >= 0.3 is 0 Å². The van der Waals surface area contributed by atoms with Gasteiger partial charge in [-0.1, -0.05) is 27.7 Å². The quantitative estimate of drug-likeness (QED) is 0.748. The van der Waals surface area contributed by atoms with Crippen LogP contribution in [0.15, 0.2) is 0 Å². The molecule has 0 aromatic rings. The summed E-state index contributed by atoms with van der Waals surface area (Å²) in [5.74, 6) is 0. The molecule has 0 spiro atoms. The molecule has 0 bridgehead atoms. The summed E-state index contributed by atoms with van der Waals surface area (Å²) in [4.78, 5) is 2.52. The van der Waals surface area contributed by atoms with E-state index in [1.165, 1.54) is 6.42 Å². The number of ether oxygens (including phenoxy) is 2. The van der Waals surface area contributed by atoms with Crippen molar-refractivity contribution < 1.29 is 9.47 Å². The van der Waals surface area contributed by atoms with Crippen LogP contribution in [0.3, 0.4) is 0 Å². The van der Waals surface area contributed by atoms with Crippen LogP contribution in [0.25, 0.3) is 0 Å². The SMILES string of the molecule is COCCN(CCOC)C1(CN)CC(C)(C)CC(C)(C)C1. The number of hydrogen-bond acceptors (Lipinski definition) is 4. The summed E-state index contributed by atoms with van der Waals surface area (Å²) >= 11 is 0. The molecule has 1 aliphatic rings. The van der Waals surface area contributed by atoms with E-state index in [0.29, 0.717) is 17.4 Å². The Kier molecular flexibility index (Phi) is 6.66. The first kappa shape index (κ1) is 18.9. The van der Waals surface area contributed by atoms with Gasteiger partial charge in [0.1, 0.15) is 0 Å². The van der Waals surface area contributed by atoms with Gasteiger partial charge in [-0.3, -0.25) is 4.90 Å². The first-order valence-electron chi connectivity index (χ1n) is 8.13. The van der Waals surface area contributed by atoms with Crippen LogP contribution in [0.4, 0.5) is 0 Å². The van der Waals surface area contributed by atoms with Crippen LogP contribution in [0.1, 0.15) is 47.0 Å². The maximum Gasteiger partial charge on any atom is 0.0589 e. The molecule has 4 heteroatoms. The minimum absolute atomic E-state index is 0.0578. The van der Waals surface area contributed by atoms with Gasteiger partial charge in [0, 0.05) is 39.4 Å². The van der Waals surface area contributed by atoms with Crippen LogP contribution >= 0.6 is 0 Å². The summed E-state index contributed by atoms with van der Waals surface area (Å²) in [5, 5.41) is 0. The monoisotopic (exact) mass is 300 g/mol. The van der Waals surface area contributed by atoms with Gasteiger partial charge in [0.15, 0.2) is 0 Å². The predicted molar refractivity (Wildman–Crippen MR) is 88.5 cm³/mol. The van der Waals surface area contributed by atoms with Gasteiger partial charge in [-0.15, -0.1) is 0 Å². The molecular formula is C17H36N2O2. The van der Waals surface area contributed by atoms with Crippen LogP contribution in [-0.2, 0) is 9.47 Å². The highest BCUT2D eigenvalue weighted by atomic mass is 16.5. The molecule has 1 rings (SSSR count). The first-order valence-corrected chi connectivity index (χ1v) is 8.13. The van der Waals surface area contributed by atoms with E-state index in [2.05, 4.69) is 32.6 Å². The van der Waals surface area contributed by atoms with Crippen LogP contribution in [0.5, 0.6) is 0 Å². The fourth-order valence-electron chi connectivity index (χ4n) is 4.75. The summed E-state index contributed by atoms with van der Waals surface area (Å²) in [6.07, 6.45) is 3.55. The second-order valence-electron chi connectivity index (χ2n) is 8.26. The lowest BCUT2D eigenvalue weighted by Gasteiger charge is -2.56. The number of nitrogens with zero attached hydrogens (tertiary/aromatic N) is 1. The Morgan fingerprint density at radius 3 is 1.62 bits per heavy atom. The predicted octanol–water partition coefficient (Wildman–Crippen LogP) is 2.51. The van der Waals surface area contributed by atoms with Crippen LogP contribution in [-0.4, -0.2) is 57.5 Å². The lowest BCUT2D eigenvalue weighted by Crippen LogP contribution is -2.62. The third-order valence-corrected chi connectivity index (χ3v) is 4.75. The van der Waals surface area contributed by atoms with E-state index in [1.54, 1.807) is 14.2 Å². The maximum atomic E-state index is 6.30. The number of methoxy groups -OCH3 is 2. The van der Waals surface area contributed by atoms with Crippen molar-refractivity contribution >= 4 is 0 Å². The summed E-state index contributed by atoms with van der Waals surface area (Å²) in [7, 11) is 3.52. The van der Waals surface area contributed by atoms with Crippen LogP contribution < -0.4 is 5.73 Å². The molecule has 21 heavy (non-hydrogen) atoms. The minimum atomic E-state index is 0.0578. The molecule has 0 aromatic heterocycles. The second kappa shape index (κ2) is 7.40. The summed E-state index contributed by atoms with van der Waals surface area (Å²) in [6, 6.07) is 0. The molecule has 0 saturated heterocycles. The average molecular weight is 300 g/mol. The highest BCUT2D eigenvalue weighted by molar-refractivity contribution is 5.04. The molecule has 2 N–H and O–H groups in total. The highest BCUT2D eigenvalue weighted by Gasteiger charge is 2.49. The zero-order valence-corrected chi connectivity index (χ0v) is 15.0. The third kappa shape index (κ3) is 5.20. The van der Waals surface area contributed by atoms with Crippen molar-refractivity contribution in [2.45, 2.75) is 52.5 Å². The Morgan fingerprint density at radius 2 is 1.29 bits per heavy atom. The van der Waals surface area contributed by atoms with Crippen LogP contribution in [0.2, 0.25) is 0 Å². The van der Waals surface area contributed by atoms with E-state index in [4.69, 9.17) is 15.2 Å². The Labute approximate surface area is 131 Å². The standard InChI is InChI=1S/C17H36N2O2/c1-15(2)11-16(3,4)13-17(12-15,14-18)19(7-9-20-5)8-10-21-6/h7-14,18H2,1-6H3. The highest BCUT2D eigenvalue weighted by Crippen LogP contribution is 2.51. The molecule has 0 unspecified atom stereocenters. The topological polar surface area (TPSA) is 47.7 Å². The molecule has 0 radical (unpaired) electrons. The molecule has 0 aromatic carbocycles. The normalized spacial score (nSPS) is 23.4. The summed E-state index contributed by atoms with van der Waals surface area (Å²) < 4.78 is 10.6. The van der Waals surface area contributed by atoms with E-state index < -0.39 is 0 Å². The Balaban J connectivity index is 3.00. The zero-order chi connectivity index (χ0) is 16.1. The van der Waals surface area contributed by atoms with Crippen LogP contribution in [0, 0.1) is 10.8 Å². The van der Waals surface area contributed by atoms with E-state index in [-0.39, 0.29) is 5.54 Å². The Hall–Kier alpha value is -0.160. The molecule has 0 aliphatic heterocycles. The molecule has 0 atom stereocenters. The lowest BCUT2D eigenvalue weighted by atomic mass is 9.58. The van der Waals surface area contributed by atoms with Crippen molar-refractivity contribution in [3.63, 3.8) is 0 Å². The summed E-state index contributed by atoms with van der Waals surface area (Å²) in [6.45, 7) is 13.5. The zero-order valence-electron chi connectivity index (χ0n) is 15.0. The number of rotatable bonds is 8. The fraction of sp³-hybridized carbons (Fsp3) is 1.00. The average Bonchev–Trinajstić information content (AvgIpc) is 2.35. The minimum Gasteiger partial charge on any atom is -0.383 e. The van der Waals surface area contributed by atoms with E-state index in [9.17, 15) is 0 Å². The van der Waals surface area contributed by atoms with Crippen molar-refractivity contribution in [1.82, 2.24) is 4.90 Å². The Morgan fingerprint density at radius 1 is 0.857 bits per heavy atom. The van der Waals surface area contributed by atoms with Crippen molar-refractivity contribution in [3.8, 4) is 0 Å². The van der Waals surface area contributed by atoms with E-state index >= 15 is 0 Å². The molecule has 1 fully saturated rings. The molecule has 0 heterocycles. The van der Waals surface area contributed by atoms with Crippen molar-refractivity contribution in [1.29, 1.82) is 0 Å². The van der Waals surface area contributed by atoms with E-state index in [1.807, 2.05) is 0 Å². The third-order valence-electron chi connectivity index (χ3n) is 4.75. The van der Waals surface area contributed by atoms with Gasteiger partial charge in [-0.2, -0.15) is 0 Å². The Bertz CT molecular complexity index is 292. The van der Waals surface area contributed by atoms with Gasteiger partial charge in [-0.25, -0.2) is 0 Å². The fourth-order valence-corrected chi connectivity index (χ4v) is 4.75. The van der Waals surface area contributed by atoms with Gasteiger partial charge in [0.2, 0.25) is 0 Å². The van der Waals surface area contributed by atoms with Crippen molar-refractivity contribution in [3.05, 3.63) is 0 Å². The molecular weight excluding hydrogens is 264 g/mol. The van der Waals surface area contributed by atoms with Gasteiger partial charge in [-0.05, 0) is 30.1 Å². The first-order chi connectivity index (χ1) is 9.70. The molecule has 0 amide bonds. The molecule has 1 saturated carbocycles. The largest absolute Gasteiger partial charge is 0.383 e. The lowest BCUT2D eigenvalue weighted by molar-refractivity contribution is -0.0576. The second-order valence-corrected chi connectivity index (χ2v) is 8.26. The van der Waals surface area contributed by atoms with E-state index in [0.717, 1.165) is 39.1 Å². The van der Waals surface area contributed by atoms with Gasteiger partial charge < -0.3 is 15.2 Å². The smallest absolute Gasteiger partial charge is 0.0589 e. The molecule has 1 aliphatic carbocycles. The van der Waals surface area contributed by atoms with Gasteiger partial charge in [0.25, 0.3) is 0 Å². The number of nitrogens with two attached hydrogens (primary N) is 1. The molecule has 4 nitrogen and oxygen atoms in total. The number of hydrogen-bond donors (Lipinski definition) is 1. The maximum absolute atomic E-state index is 6.30. The summed E-state index contributed by atoms with van der Waals surface area (Å²) in [5.41, 5.74) is 7.00. The molecule has 126 valence electrons. The van der Waals surface area contributed by atoms with Crippen molar-refractivity contribution in [2.24, 2.45) is 16.6 Å². The van der Waals surface area contributed by atoms with Crippen molar-refractivity contribution in [2.75, 3.05) is 47.1 Å².